The summed E-state index contributed by atoms with van der Waals surface area (Å²) in [5.74, 6) is -1.24. The number of rotatable bonds is 5. The number of aromatic nitrogens is 3. The lowest BCUT2D eigenvalue weighted by molar-refractivity contribution is -0.138. The molecule has 0 aliphatic carbocycles. The van der Waals surface area contributed by atoms with Gasteiger partial charge in [-0.05, 0) is 43.7 Å². The first-order chi connectivity index (χ1) is 14.6. The van der Waals surface area contributed by atoms with Crippen molar-refractivity contribution in [3.8, 4) is 0 Å². The number of anilines is 3. The topological polar surface area (TPSA) is 129 Å². The third-order valence-electron chi connectivity index (χ3n) is 4.20. The number of alkyl halides is 3. The van der Waals surface area contributed by atoms with Gasteiger partial charge in [-0.15, -0.1) is 0 Å². The molecule has 2 aromatic heterocycles. The van der Waals surface area contributed by atoms with Gasteiger partial charge in [0.05, 0.1) is 17.3 Å². The van der Waals surface area contributed by atoms with Crippen LogP contribution in [-0.4, -0.2) is 38.6 Å². The van der Waals surface area contributed by atoms with Gasteiger partial charge in [0.1, 0.15) is 11.3 Å². The molecular weight excluding hydrogens is 417 g/mol. The van der Waals surface area contributed by atoms with E-state index in [-0.39, 0.29) is 23.0 Å². The van der Waals surface area contributed by atoms with Crippen LogP contribution in [0.3, 0.4) is 0 Å². The first kappa shape index (κ1) is 21.7. The van der Waals surface area contributed by atoms with Crippen LogP contribution in [0.5, 0.6) is 0 Å². The van der Waals surface area contributed by atoms with E-state index in [1.54, 1.807) is 13.0 Å². The highest BCUT2D eigenvalue weighted by Crippen LogP contribution is 2.36. The molecule has 1 aromatic carbocycles. The van der Waals surface area contributed by atoms with E-state index in [2.05, 4.69) is 30.9 Å². The summed E-state index contributed by atoms with van der Waals surface area (Å²) in [5, 5.41) is 16.9. The Morgan fingerprint density at radius 1 is 1.13 bits per heavy atom. The lowest BCUT2D eigenvalue weighted by Gasteiger charge is -2.15. The zero-order chi connectivity index (χ0) is 22.8. The van der Waals surface area contributed by atoms with Crippen molar-refractivity contribution in [1.29, 1.82) is 0 Å². The number of amides is 2. The molecule has 0 atom stereocenters. The van der Waals surface area contributed by atoms with Crippen molar-refractivity contribution in [1.82, 2.24) is 20.3 Å². The van der Waals surface area contributed by atoms with Gasteiger partial charge in [-0.3, -0.25) is 5.32 Å². The summed E-state index contributed by atoms with van der Waals surface area (Å²) in [7, 11) is 0. The largest absolute Gasteiger partial charge is 0.478 e. The number of carbonyl (C=O) groups is 2. The highest BCUT2D eigenvalue weighted by Gasteiger charge is 2.34. The zero-order valence-corrected chi connectivity index (χ0v) is 16.3. The van der Waals surface area contributed by atoms with Gasteiger partial charge < -0.3 is 15.7 Å². The third kappa shape index (κ3) is 4.97. The summed E-state index contributed by atoms with van der Waals surface area (Å²) in [6.07, 6.45) is -3.46. The standard InChI is InChI=1S/C19H17F3N6O3/c1-3-23-18(31)28-14-5-4-13-16(26-14)27-15(8-24-13)25-10-6-11(17(29)30)9(2)12(7-10)19(20,21)22/h4-8H,3H2,1-2H3,(H,29,30)(H3,23,25,26,27,28,31). The lowest BCUT2D eigenvalue weighted by atomic mass is 10.0. The molecule has 162 valence electrons. The van der Waals surface area contributed by atoms with Gasteiger partial charge in [0.25, 0.3) is 0 Å². The van der Waals surface area contributed by atoms with Gasteiger partial charge in [0, 0.05) is 12.2 Å². The average Bonchev–Trinajstić information content (AvgIpc) is 2.68. The van der Waals surface area contributed by atoms with E-state index in [1.165, 1.54) is 12.3 Å². The molecule has 0 fully saturated rings. The van der Waals surface area contributed by atoms with E-state index in [9.17, 15) is 27.9 Å². The number of hydrogen-bond acceptors (Lipinski definition) is 6. The van der Waals surface area contributed by atoms with Crippen LogP contribution in [-0.2, 0) is 6.18 Å². The van der Waals surface area contributed by atoms with Crippen molar-refractivity contribution in [3.63, 3.8) is 0 Å². The molecule has 0 bridgehead atoms. The molecule has 0 unspecified atom stereocenters. The minimum Gasteiger partial charge on any atom is -0.478 e. The Kier molecular flexibility index (Phi) is 5.90. The highest BCUT2D eigenvalue weighted by atomic mass is 19.4. The molecule has 12 heteroatoms. The Morgan fingerprint density at radius 3 is 2.48 bits per heavy atom. The Labute approximate surface area is 173 Å². The number of fused-ring (bicyclic) bond motifs is 1. The molecule has 0 aliphatic heterocycles. The lowest BCUT2D eigenvalue weighted by Crippen LogP contribution is -2.28. The van der Waals surface area contributed by atoms with E-state index < -0.39 is 34.9 Å². The SMILES string of the molecule is CCNC(=O)Nc1ccc2ncc(Nc3cc(C(=O)O)c(C)c(C(F)(F)F)c3)nc2n1. The molecule has 0 radical (unpaired) electrons. The molecule has 31 heavy (non-hydrogen) atoms. The summed E-state index contributed by atoms with van der Waals surface area (Å²) in [4.78, 5) is 35.5. The van der Waals surface area contributed by atoms with Crippen LogP contribution in [0, 0.1) is 6.92 Å². The maximum absolute atomic E-state index is 13.3. The number of carbonyl (C=O) groups excluding carboxylic acids is 1. The van der Waals surface area contributed by atoms with Crippen LogP contribution in [0.2, 0.25) is 0 Å². The molecule has 0 saturated heterocycles. The number of nitrogens with zero attached hydrogens (tertiary/aromatic N) is 3. The van der Waals surface area contributed by atoms with E-state index in [4.69, 9.17) is 0 Å². The second-order valence-electron chi connectivity index (χ2n) is 6.40. The number of carboxylic acids is 1. The van der Waals surface area contributed by atoms with Crippen molar-refractivity contribution < 1.29 is 27.9 Å². The fraction of sp³-hybridized carbons (Fsp3) is 0.211. The Hall–Kier alpha value is -3.96. The van der Waals surface area contributed by atoms with Crippen LogP contribution in [0.1, 0.15) is 28.4 Å². The van der Waals surface area contributed by atoms with Crippen LogP contribution in [0.15, 0.2) is 30.5 Å². The van der Waals surface area contributed by atoms with Gasteiger partial charge in [-0.25, -0.2) is 24.5 Å². The van der Waals surface area contributed by atoms with Crippen LogP contribution >= 0.6 is 0 Å². The predicted molar refractivity (Wildman–Crippen MR) is 106 cm³/mol. The quantitative estimate of drug-likeness (QED) is 0.479. The van der Waals surface area contributed by atoms with E-state index in [0.717, 1.165) is 19.1 Å². The molecule has 3 aromatic rings. The summed E-state index contributed by atoms with van der Waals surface area (Å²) in [6, 6.07) is 4.51. The monoisotopic (exact) mass is 434 g/mol. The minimum atomic E-state index is -4.73. The number of hydrogen-bond donors (Lipinski definition) is 4. The maximum Gasteiger partial charge on any atom is 0.416 e. The number of halogens is 3. The van der Waals surface area contributed by atoms with Crippen LogP contribution in [0.4, 0.5) is 35.3 Å². The fourth-order valence-electron chi connectivity index (χ4n) is 2.80. The second kappa shape index (κ2) is 8.42. The van der Waals surface area contributed by atoms with Crippen LogP contribution < -0.4 is 16.0 Å². The van der Waals surface area contributed by atoms with Crippen molar-refractivity contribution >= 4 is 40.5 Å². The van der Waals surface area contributed by atoms with E-state index >= 15 is 0 Å². The molecule has 4 N–H and O–H groups in total. The normalized spacial score (nSPS) is 11.3. The average molecular weight is 434 g/mol. The zero-order valence-electron chi connectivity index (χ0n) is 16.3. The number of urea groups is 1. The highest BCUT2D eigenvalue weighted by molar-refractivity contribution is 5.92. The van der Waals surface area contributed by atoms with Crippen molar-refractivity contribution in [2.75, 3.05) is 17.2 Å². The molecule has 2 heterocycles. The Balaban J connectivity index is 1.96. The number of pyridine rings is 1. The Morgan fingerprint density at radius 2 is 1.84 bits per heavy atom. The molecule has 9 nitrogen and oxygen atoms in total. The number of nitrogens with one attached hydrogen (secondary N) is 3. The van der Waals surface area contributed by atoms with Gasteiger partial charge in [0.15, 0.2) is 11.5 Å². The van der Waals surface area contributed by atoms with Gasteiger partial charge in [-0.2, -0.15) is 13.2 Å². The van der Waals surface area contributed by atoms with Gasteiger partial charge >= 0.3 is 18.2 Å². The summed E-state index contributed by atoms with van der Waals surface area (Å²) in [5.41, 5.74) is -1.56. The fourth-order valence-corrected chi connectivity index (χ4v) is 2.80. The number of benzene rings is 1. The second-order valence-corrected chi connectivity index (χ2v) is 6.40. The van der Waals surface area contributed by atoms with Crippen molar-refractivity contribution in [2.24, 2.45) is 0 Å². The number of aromatic carboxylic acids is 1. The predicted octanol–water partition coefficient (Wildman–Crippen LogP) is 3.94. The van der Waals surface area contributed by atoms with Crippen molar-refractivity contribution in [2.45, 2.75) is 20.0 Å². The van der Waals surface area contributed by atoms with Gasteiger partial charge in [0.2, 0.25) is 0 Å². The molecule has 3 rings (SSSR count). The van der Waals surface area contributed by atoms with E-state index in [0.29, 0.717) is 12.1 Å². The smallest absolute Gasteiger partial charge is 0.416 e. The van der Waals surface area contributed by atoms with Gasteiger partial charge in [-0.1, -0.05) is 0 Å². The Bertz CT molecular complexity index is 1170. The first-order valence-corrected chi connectivity index (χ1v) is 8.99. The first-order valence-electron chi connectivity index (χ1n) is 8.99. The molecular formula is C19H17F3N6O3. The summed E-state index contributed by atoms with van der Waals surface area (Å²) < 4.78 is 40.0. The number of carboxylic acid groups (broad SMARTS) is 1. The minimum absolute atomic E-state index is 0.0449. The third-order valence-corrected chi connectivity index (χ3v) is 4.20. The molecule has 2 amide bonds. The summed E-state index contributed by atoms with van der Waals surface area (Å²) in [6.45, 7) is 3.27. The maximum atomic E-state index is 13.3. The summed E-state index contributed by atoms with van der Waals surface area (Å²) >= 11 is 0. The van der Waals surface area contributed by atoms with Crippen LogP contribution in [0.25, 0.3) is 11.2 Å². The molecule has 0 saturated carbocycles. The molecule has 0 aliphatic rings. The van der Waals surface area contributed by atoms with Crippen molar-refractivity contribution in [3.05, 3.63) is 47.2 Å². The molecule has 0 spiro atoms. The van der Waals surface area contributed by atoms with E-state index in [1.807, 2.05) is 0 Å².